The van der Waals surface area contributed by atoms with E-state index >= 15 is 0 Å². The topological polar surface area (TPSA) is 56.8 Å². The molecule has 1 aromatic heterocycles. The Kier molecular flexibility index (Phi) is 6.01. The van der Waals surface area contributed by atoms with Gasteiger partial charge in [-0.05, 0) is 37.6 Å². The summed E-state index contributed by atoms with van der Waals surface area (Å²) in [6, 6.07) is 7.79. The first-order valence-electron chi connectivity index (χ1n) is 8.78. The average molecular weight is 340 g/mol. The summed E-state index contributed by atoms with van der Waals surface area (Å²) in [7, 11) is 0. The van der Waals surface area contributed by atoms with Crippen LogP contribution in [0.15, 0.2) is 49.0 Å². The van der Waals surface area contributed by atoms with Gasteiger partial charge in [0.1, 0.15) is 18.5 Å². The van der Waals surface area contributed by atoms with Gasteiger partial charge in [0.15, 0.2) is 11.6 Å². The summed E-state index contributed by atoms with van der Waals surface area (Å²) in [4.78, 5) is 8.65. The van der Waals surface area contributed by atoms with Gasteiger partial charge in [-0.15, -0.1) is 0 Å². The van der Waals surface area contributed by atoms with E-state index in [0.717, 1.165) is 17.7 Å². The van der Waals surface area contributed by atoms with Crippen LogP contribution >= 0.6 is 0 Å². The molecule has 3 rings (SSSR count). The Hall–Kier alpha value is -2.40. The predicted molar refractivity (Wildman–Crippen MR) is 96.6 cm³/mol. The number of hydrogen-bond acceptors (Lipinski definition) is 5. The summed E-state index contributed by atoms with van der Waals surface area (Å²) < 4.78 is 16.7. The Morgan fingerprint density at radius 2 is 1.84 bits per heavy atom. The Balaban J connectivity index is 1.50. The summed E-state index contributed by atoms with van der Waals surface area (Å²) in [6.07, 6.45) is 10.9. The van der Waals surface area contributed by atoms with Gasteiger partial charge in [0.2, 0.25) is 0 Å². The molecule has 0 amide bonds. The number of unbranched alkanes of at least 4 members (excludes halogenated alkanes) is 1. The van der Waals surface area contributed by atoms with Crippen molar-refractivity contribution in [3.8, 4) is 22.9 Å². The van der Waals surface area contributed by atoms with Crippen LogP contribution in [0, 0.1) is 0 Å². The molecule has 0 spiro atoms. The highest BCUT2D eigenvalue weighted by Crippen LogP contribution is 2.28. The number of epoxide rings is 1. The minimum absolute atomic E-state index is 0.249. The maximum absolute atomic E-state index is 5.80. The highest BCUT2D eigenvalue weighted by Gasteiger charge is 2.38. The van der Waals surface area contributed by atoms with Crippen molar-refractivity contribution in [2.75, 3.05) is 6.61 Å². The minimum atomic E-state index is 0.249. The number of ether oxygens (including phenoxy) is 3. The summed E-state index contributed by atoms with van der Waals surface area (Å²) in [5.41, 5.74) is 0.938. The molecule has 2 heterocycles. The van der Waals surface area contributed by atoms with Gasteiger partial charge in [0, 0.05) is 5.56 Å². The van der Waals surface area contributed by atoms with Crippen molar-refractivity contribution in [1.29, 1.82) is 0 Å². The lowest BCUT2D eigenvalue weighted by molar-refractivity contribution is 0.259. The summed E-state index contributed by atoms with van der Waals surface area (Å²) in [5, 5.41) is 0. The van der Waals surface area contributed by atoms with Crippen LogP contribution in [0.2, 0.25) is 0 Å². The summed E-state index contributed by atoms with van der Waals surface area (Å²) in [5.74, 6) is 2.11. The van der Waals surface area contributed by atoms with Crippen LogP contribution in [0.4, 0.5) is 0 Å². The SMILES string of the molecule is CC=COc1cnc(-c2ccc(OC[C@@H]3O[C@H]3CCCC)cc2)nc1. The number of aromatic nitrogens is 2. The first-order chi connectivity index (χ1) is 12.3. The van der Waals surface area contributed by atoms with Gasteiger partial charge in [0.25, 0.3) is 0 Å². The molecule has 0 aliphatic carbocycles. The lowest BCUT2D eigenvalue weighted by Gasteiger charge is -2.06. The Morgan fingerprint density at radius 1 is 1.08 bits per heavy atom. The standard InChI is InChI=1S/C20H24N2O3/c1-3-5-6-18-19(25-18)14-24-16-9-7-15(8-10-16)20-21-12-17(13-22-20)23-11-4-2/h4,7-13,18-19H,3,5-6,14H2,1-2H3/t18-,19-/m0/s1. The van der Waals surface area contributed by atoms with E-state index in [1.54, 1.807) is 18.7 Å². The van der Waals surface area contributed by atoms with Gasteiger partial charge in [-0.1, -0.05) is 25.8 Å². The Morgan fingerprint density at radius 3 is 2.52 bits per heavy atom. The minimum Gasteiger partial charge on any atom is -0.491 e. The predicted octanol–water partition coefficient (Wildman–Crippen LogP) is 4.39. The van der Waals surface area contributed by atoms with Gasteiger partial charge >= 0.3 is 0 Å². The van der Waals surface area contributed by atoms with E-state index < -0.39 is 0 Å². The van der Waals surface area contributed by atoms with Gasteiger partial charge < -0.3 is 14.2 Å². The van der Waals surface area contributed by atoms with Crippen molar-refractivity contribution in [3.05, 3.63) is 49.0 Å². The monoisotopic (exact) mass is 340 g/mol. The van der Waals surface area contributed by atoms with E-state index in [1.165, 1.54) is 12.8 Å². The van der Waals surface area contributed by atoms with Crippen molar-refractivity contribution >= 4 is 0 Å². The first-order valence-corrected chi connectivity index (χ1v) is 8.78. The van der Waals surface area contributed by atoms with E-state index in [2.05, 4.69) is 16.9 Å². The van der Waals surface area contributed by atoms with Gasteiger partial charge in [-0.3, -0.25) is 0 Å². The number of allylic oxidation sites excluding steroid dienone is 1. The Bertz CT molecular complexity index is 683. The highest BCUT2D eigenvalue weighted by molar-refractivity contribution is 5.56. The van der Waals surface area contributed by atoms with Crippen molar-refractivity contribution in [3.63, 3.8) is 0 Å². The number of benzene rings is 1. The number of nitrogens with zero attached hydrogens (tertiary/aromatic N) is 2. The number of hydrogen-bond donors (Lipinski definition) is 0. The van der Waals surface area contributed by atoms with Gasteiger partial charge in [-0.25, -0.2) is 9.97 Å². The quantitative estimate of drug-likeness (QED) is 0.500. The maximum Gasteiger partial charge on any atom is 0.163 e. The molecule has 5 heteroatoms. The number of rotatable bonds is 9. The molecule has 1 aliphatic heterocycles. The maximum atomic E-state index is 5.80. The van der Waals surface area contributed by atoms with Crippen molar-refractivity contribution in [2.24, 2.45) is 0 Å². The van der Waals surface area contributed by atoms with E-state index in [-0.39, 0.29) is 6.10 Å². The van der Waals surface area contributed by atoms with Crippen molar-refractivity contribution in [2.45, 2.75) is 45.3 Å². The third kappa shape index (κ3) is 5.03. The van der Waals surface area contributed by atoms with Crippen molar-refractivity contribution < 1.29 is 14.2 Å². The first kappa shape index (κ1) is 17.4. The fourth-order valence-electron chi connectivity index (χ4n) is 2.54. The molecule has 0 unspecified atom stereocenters. The zero-order valence-electron chi connectivity index (χ0n) is 14.7. The second kappa shape index (κ2) is 8.62. The second-order valence-corrected chi connectivity index (χ2v) is 6.02. The van der Waals surface area contributed by atoms with Crippen LogP contribution in [-0.2, 0) is 4.74 Å². The lowest BCUT2D eigenvalue weighted by atomic mass is 10.1. The highest BCUT2D eigenvalue weighted by atomic mass is 16.6. The summed E-state index contributed by atoms with van der Waals surface area (Å²) in [6.45, 7) is 4.70. The zero-order chi connectivity index (χ0) is 17.5. The normalized spacial score (nSPS) is 19.1. The van der Waals surface area contributed by atoms with E-state index in [0.29, 0.717) is 24.3 Å². The molecule has 1 aromatic carbocycles. The smallest absolute Gasteiger partial charge is 0.163 e. The molecule has 0 N–H and O–H groups in total. The third-order valence-corrected chi connectivity index (χ3v) is 4.02. The lowest BCUT2D eigenvalue weighted by Crippen LogP contribution is -2.07. The van der Waals surface area contributed by atoms with Crippen LogP contribution < -0.4 is 9.47 Å². The van der Waals surface area contributed by atoms with Gasteiger partial charge in [-0.2, -0.15) is 0 Å². The molecule has 1 fully saturated rings. The molecule has 1 aliphatic rings. The molecule has 5 nitrogen and oxygen atoms in total. The van der Waals surface area contributed by atoms with Crippen LogP contribution in [0.1, 0.15) is 33.1 Å². The fraction of sp³-hybridized carbons (Fsp3) is 0.400. The average Bonchev–Trinajstić information content (AvgIpc) is 3.42. The molecular formula is C20H24N2O3. The molecule has 0 saturated carbocycles. The molecule has 132 valence electrons. The molecular weight excluding hydrogens is 316 g/mol. The summed E-state index contributed by atoms with van der Waals surface area (Å²) >= 11 is 0. The van der Waals surface area contributed by atoms with Crippen LogP contribution in [0.3, 0.4) is 0 Å². The van der Waals surface area contributed by atoms with Crippen LogP contribution in [-0.4, -0.2) is 28.8 Å². The molecule has 1 saturated heterocycles. The zero-order valence-corrected chi connectivity index (χ0v) is 14.7. The molecule has 0 bridgehead atoms. The van der Waals surface area contributed by atoms with Crippen LogP contribution in [0.25, 0.3) is 11.4 Å². The van der Waals surface area contributed by atoms with E-state index in [1.807, 2.05) is 37.3 Å². The molecule has 25 heavy (non-hydrogen) atoms. The third-order valence-electron chi connectivity index (χ3n) is 4.02. The molecule has 2 atom stereocenters. The van der Waals surface area contributed by atoms with Crippen LogP contribution in [0.5, 0.6) is 11.5 Å². The molecule has 2 aromatic rings. The second-order valence-electron chi connectivity index (χ2n) is 6.02. The van der Waals surface area contributed by atoms with Crippen molar-refractivity contribution in [1.82, 2.24) is 9.97 Å². The fourth-order valence-corrected chi connectivity index (χ4v) is 2.54. The van der Waals surface area contributed by atoms with E-state index in [4.69, 9.17) is 14.2 Å². The largest absolute Gasteiger partial charge is 0.491 e. The molecule has 0 radical (unpaired) electrons. The Labute approximate surface area is 148 Å². The van der Waals surface area contributed by atoms with Gasteiger partial charge in [0.05, 0.1) is 24.8 Å². The van der Waals surface area contributed by atoms with E-state index in [9.17, 15) is 0 Å².